The predicted molar refractivity (Wildman–Crippen MR) is 123 cm³/mol. The lowest BCUT2D eigenvalue weighted by molar-refractivity contribution is 0.206. The first kappa shape index (κ1) is 20.0. The molecule has 0 saturated carbocycles. The molecule has 1 saturated heterocycles. The van der Waals surface area contributed by atoms with Crippen molar-refractivity contribution in [1.29, 1.82) is 5.26 Å². The van der Waals surface area contributed by atoms with Crippen molar-refractivity contribution in [2.45, 2.75) is 25.8 Å². The summed E-state index contributed by atoms with van der Waals surface area (Å²) in [5, 5.41) is 12.0. The van der Waals surface area contributed by atoms with Gasteiger partial charge in [0.15, 0.2) is 5.82 Å². The van der Waals surface area contributed by atoms with Crippen LogP contribution >= 0.6 is 0 Å². The van der Waals surface area contributed by atoms with Crippen molar-refractivity contribution in [3.63, 3.8) is 0 Å². The van der Waals surface area contributed by atoms with Gasteiger partial charge >= 0.3 is 6.03 Å². The Morgan fingerprint density at radius 1 is 1.00 bits per heavy atom. The Morgan fingerprint density at radius 3 is 2.59 bits per heavy atom. The van der Waals surface area contributed by atoms with Gasteiger partial charge in [-0.2, -0.15) is 5.26 Å². The largest absolute Gasteiger partial charge is 0.356 e. The molecule has 0 aliphatic carbocycles. The van der Waals surface area contributed by atoms with Gasteiger partial charge in [-0.1, -0.05) is 36.4 Å². The molecule has 0 bridgehead atoms. The zero-order chi connectivity index (χ0) is 21.9. The number of hydrogen-bond acceptors (Lipinski definition) is 5. The molecule has 0 unspecified atom stereocenters. The Morgan fingerprint density at radius 2 is 1.81 bits per heavy atom. The molecule has 7 heteroatoms. The summed E-state index contributed by atoms with van der Waals surface area (Å²) in [5.41, 5.74) is 4.21. The topological polar surface area (TPSA) is 85.2 Å². The van der Waals surface area contributed by atoms with Crippen molar-refractivity contribution in [3.8, 4) is 17.5 Å². The average Bonchev–Trinajstić information content (AvgIpc) is 3.38. The molecule has 32 heavy (non-hydrogen) atoms. The van der Waals surface area contributed by atoms with E-state index >= 15 is 0 Å². The van der Waals surface area contributed by atoms with Crippen LogP contribution in [0, 0.1) is 11.3 Å². The number of hydrogen-bond donors (Lipinski definition) is 1. The molecule has 0 radical (unpaired) electrons. The minimum absolute atomic E-state index is 0.176. The van der Waals surface area contributed by atoms with Crippen LogP contribution in [0.1, 0.15) is 29.7 Å². The molecule has 1 fully saturated rings. The fourth-order valence-corrected chi connectivity index (χ4v) is 4.35. The molecule has 5 rings (SSSR count). The number of carbonyl (C=O) groups is 1. The van der Waals surface area contributed by atoms with E-state index in [2.05, 4.69) is 16.3 Å². The molecule has 0 atom stereocenters. The summed E-state index contributed by atoms with van der Waals surface area (Å²) in [5.74, 6) is 1.70. The summed E-state index contributed by atoms with van der Waals surface area (Å²) in [6.07, 6.45) is 2.99. The Bertz CT molecular complexity index is 1180. The highest BCUT2D eigenvalue weighted by Gasteiger charge is 2.29. The first-order valence-electron chi connectivity index (χ1n) is 11.0. The molecule has 2 aliphatic rings. The minimum Gasteiger partial charge on any atom is -0.356 e. The van der Waals surface area contributed by atoms with E-state index < -0.39 is 0 Å². The fraction of sp³-hybridized carbons (Fsp3) is 0.280. The highest BCUT2D eigenvalue weighted by molar-refractivity contribution is 5.89. The quantitative estimate of drug-likeness (QED) is 0.681. The lowest BCUT2D eigenvalue weighted by atomic mass is 10.0. The van der Waals surface area contributed by atoms with Gasteiger partial charge in [-0.15, -0.1) is 0 Å². The van der Waals surface area contributed by atoms with Gasteiger partial charge in [-0.25, -0.2) is 14.8 Å². The second-order valence-electron chi connectivity index (χ2n) is 8.15. The van der Waals surface area contributed by atoms with E-state index in [1.165, 1.54) is 0 Å². The maximum atomic E-state index is 13.0. The number of anilines is 2. The second-order valence-corrected chi connectivity index (χ2v) is 8.15. The third-order valence-corrected chi connectivity index (χ3v) is 6.01. The number of nitriles is 1. The number of aromatic nitrogens is 2. The number of rotatable bonds is 3. The summed E-state index contributed by atoms with van der Waals surface area (Å²) >= 11 is 0. The molecule has 1 N–H and O–H groups in total. The Balaban J connectivity index is 1.44. The number of fused-ring (bicyclic) bond motifs is 1. The van der Waals surface area contributed by atoms with Crippen LogP contribution in [0.5, 0.6) is 0 Å². The van der Waals surface area contributed by atoms with E-state index in [4.69, 9.17) is 15.2 Å². The smallest absolute Gasteiger partial charge is 0.322 e. The van der Waals surface area contributed by atoms with Gasteiger partial charge in [0.25, 0.3) is 0 Å². The first-order chi connectivity index (χ1) is 15.7. The minimum atomic E-state index is -0.176. The molecule has 2 aliphatic heterocycles. The van der Waals surface area contributed by atoms with Crippen molar-refractivity contribution in [1.82, 2.24) is 14.9 Å². The molecule has 2 amide bonds. The Labute approximate surface area is 187 Å². The van der Waals surface area contributed by atoms with Crippen LogP contribution in [0.2, 0.25) is 0 Å². The lowest BCUT2D eigenvalue weighted by Crippen LogP contribution is -2.40. The molecular weight excluding hydrogens is 400 g/mol. The van der Waals surface area contributed by atoms with Crippen LogP contribution in [0.25, 0.3) is 11.4 Å². The lowest BCUT2D eigenvalue weighted by Gasteiger charge is -2.32. The van der Waals surface area contributed by atoms with Gasteiger partial charge < -0.3 is 15.1 Å². The van der Waals surface area contributed by atoms with Gasteiger partial charge in [0.1, 0.15) is 5.82 Å². The number of nitrogens with one attached hydrogen (secondary N) is 1. The van der Waals surface area contributed by atoms with Crippen LogP contribution in [-0.4, -0.2) is 40.5 Å². The number of urea groups is 1. The van der Waals surface area contributed by atoms with Gasteiger partial charge in [0, 0.05) is 42.9 Å². The van der Waals surface area contributed by atoms with Gasteiger partial charge in [0.05, 0.1) is 23.9 Å². The number of amides is 2. The Hall–Kier alpha value is -3.92. The molecule has 1 aromatic heterocycles. The van der Waals surface area contributed by atoms with Gasteiger partial charge in [0.2, 0.25) is 0 Å². The first-order valence-corrected chi connectivity index (χ1v) is 11.0. The molecule has 7 nitrogen and oxygen atoms in total. The summed E-state index contributed by atoms with van der Waals surface area (Å²) in [4.78, 5) is 26.9. The zero-order valence-corrected chi connectivity index (χ0v) is 17.8. The van der Waals surface area contributed by atoms with Crippen molar-refractivity contribution in [2.24, 2.45) is 0 Å². The van der Waals surface area contributed by atoms with E-state index in [1.54, 1.807) is 29.2 Å². The van der Waals surface area contributed by atoms with Crippen LogP contribution < -0.4 is 10.2 Å². The molecule has 3 heterocycles. The van der Waals surface area contributed by atoms with Crippen LogP contribution in [0.15, 0.2) is 54.6 Å². The van der Waals surface area contributed by atoms with Crippen LogP contribution in [0.4, 0.5) is 16.3 Å². The van der Waals surface area contributed by atoms with E-state index in [1.807, 2.05) is 30.3 Å². The highest BCUT2D eigenvalue weighted by atomic mass is 16.2. The summed E-state index contributed by atoms with van der Waals surface area (Å²) in [6.45, 7) is 3.01. The van der Waals surface area contributed by atoms with Gasteiger partial charge in [-0.05, 0) is 31.0 Å². The highest BCUT2D eigenvalue weighted by Crippen LogP contribution is 2.31. The second kappa shape index (κ2) is 8.67. The zero-order valence-electron chi connectivity index (χ0n) is 17.8. The van der Waals surface area contributed by atoms with E-state index in [0.717, 1.165) is 54.4 Å². The summed E-state index contributed by atoms with van der Waals surface area (Å²) in [7, 11) is 0. The van der Waals surface area contributed by atoms with E-state index in [0.29, 0.717) is 30.8 Å². The maximum absolute atomic E-state index is 13.0. The summed E-state index contributed by atoms with van der Waals surface area (Å²) in [6, 6.07) is 19.0. The van der Waals surface area contributed by atoms with Crippen molar-refractivity contribution in [2.75, 3.05) is 29.9 Å². The summed E-state index contributed by atoms with van der Waals surface area (Å²) < 4.78 is 0. The maximum Gasteiger partial charge on any atom is 0.322 e. The number of nitrogens with zero attached hydrogens (tertiary/aromatic N) is 5. The Kier molecular flexibility index (Phi) is 5.42. The van der Waals surface area contributed by atoms with E-state index in [9.17, 15) is 4.79 Å². The number of benzene rings is 2. The molecule has 160 valence electrons. The van der Waals surface area contributed by atoms with Crippen LogP contribution in [-0.2, 0) is 13.0 Å². The average molecular weight is 425 g/mol. The number of carbonyl (C=O) groups excluding carboxylic acids is 1. The standard InChI is InChI=1S/C25H24N6O/c26-16-18-7-6-10-20(15-18)27-25(32)31-14-11-22-21(17-31)24(30-12-4-5-13-30)29-23(28-22)19-8-2-1-3-9-19/h1-3,6-10,15H,4-5,11-14,17H2,(H,27,32). The normalized spacial score (nSPS) is 15.2. The molecule has 0 spiro atoms. The van der Waals surface area contributed by atoms with Crippen molar-refractivity contribution < 1.29 is 4.79 Å². The SMILES string of the molecule is N#Cc1cccc(NC(=O)N2CCc3nc(-c4ccccc4)nc(N4CCCC4)c3C2)c1. The molecule has 3 aromatic rings. The van der Waals surface area contributed by atoms with Gasteiger partial charge in [-0.3, -0.25) is 0 Å². The third kappa shape index (κ3) is 4.00. The predicted octanol–water partition coefficient (Wildman–Crippen LogP) is 4.21. The van der Waals surface area contributed by atoms with Crippen molar-refractivity contribution in [3.05, 3.63) is 71.4 Å². The third-order valence-electron chi connectivity index (χ3n) is 6.01. The van der Waals surface area contributed by atoms with Crippen LogP contribution in [0.3, 0.4) is 0 Å². The fourth-order valence-electron chi connectivity index (χ4n) is 4.35. The molecule has 2 aromatic carbocycles. The van der Waals surface area contributed by atoms with Crippen molar-refractivity contribution >= 4 is 17.5 Å². The molecular formula is C25H24N6O. The van der Waals surface area contributed by atoms with E-state index in [-0.39, 0.29) is 6.03 Å². The monoisotopic (exact) mass is 424 g/mol.